The third kappa shape index (κ3) is 1.88. The van der Waals surface area contributed by atoms with Crippen molar-refractivity contribution in [2.45, 2.75) is 9.79 Å². The Morgan fingerprint density at radius 1 is 0.833 bits per heavy atom. The van der Waals surface area contributed by atoms with Crippen LogP contribution < -0.4 is 16.0 Å². The van der Waals surface area contributed by atoms with Gasteiger partial charge in [-0.1, -0.05) is 11.8 Å². The Balaban J connectivity index is 2.01. The van der Waals surface area contributed by atoms with Gasteiger partial charge < -0.3 is 16.0 Å². The number of benzene rings is 2. The SMILES string of the molecule is CNc1ccc2c(c1)Sc1cc(NC)ccc1N2. The van der Waals surface area contributed by atoms with Gasteiger partial charge in [0.15, 0.2) is 0 Å². The molecule has 92 valence electrons. The molecule has 0 fully saturated rings. The molecule has 4 heteroatoms. The topological polar surface area (TPSA) is 36.1 Å². The zero-order chi connectivity index (χ0) is 12.5. The molecule has 0 spiro atoms. The van der Waals surface area contributed by atoms with Gasteiger partial charge in [0, 0.05) is 35.3 Å². The van der Waals surface area contributed by atoms with E-state index >= 15 is 0 Å². The van der Waals surface area contributed by atoms with Crippen LogP contribution in [-0.4, -0.2) is 14.1 Å². The number of anilines is 4. The van der Waals surface area contributed by atoms with Gasteiger partial charge in [0.05, 0.1) is 11.4 Å². The largest absolute Gasteiger partial charge is 0.388 e. The van der Waals surface area contributed by atoms with E-state index in [0.717, 1.165) is 11.4 Å². The Labute approximate surface area is 111 Å². The molecule has 0 saturated heterocycles. The number of fused-ring (bicyclic) bond motifs is 2. The van der Waals surface area contributed by atoms with E-state index in [4.69, 9.17) is 0 Å². The molecular formula is C14H15N3S. The van der Waals surface area contributed by atoms with Crippen LogP contribution in [0.25, 0.3) is 0 Å². The summed E-state index contributed by atoms with van der Waals surface area (Å²) in [5.41, 5.74) is 4.61. The lowest BCUT2D eigenvalue weighted by Crippen LogP contribution is -2.01. The molecule has 2 aromatic rings. The second-order valence-electron chi connectivity index (χ2n) is 4.15. The molecule has 0 amide bonds. The van der Waals surface area contributed by atoms with E-state index in [1.165, 1.54) is 21.2 Å². The molecule has 0 atom stereocenters. The van der Waals surface area contributed by atoms with Crippen LogP contribution in [0.2, 0.25) is 0 Å². The molecule has 0 aliphatic carbocycles. The summed E-state index contributed by atoms with van der Waals surface area (Å²) in [6, 6.07) is 12.7. The Morgan fingerprint density at radius 3 is 1.78 bits per heavy atom. The molecule has 1 heterocycles. The summed E-state index contributed by atoms with van der Waals surface area (Å²) in [5, 5.41) is 9.81. The summed E-state index contributed by atoms with van der Waals surface area (Å²) >= 11 is 1.80. The molecule has 3 rings (SSSR count). The predicted molar refractivity (Wildman–Crippen MR) is 79.4 cm³/mol. The highest BCUT2D eigenvalue weighted by Crippen LogP contribution is 2.45. The van der Waals surface area contributed by atoms with Crippen LogP contribution in [0.1, 0.15) is 0 Å². The van der Waals surface area contributed by atoms with Crippen molar-refractivity contribution in [3.05, 3.63) is 36.4 Å². The molecule has 0 radical (unpaired) electrons. The van der Waals surface area contributed by atoms with Crippen LogP contribution in [0.5, 0.6) is 0 Å². The van der Waals surface area contributed by atoms with E-state index in [0.29, 0.717) is 0 Å². The lowest BCUT2D eigenvalue weighted by molar-refractivity contribution is 1.30. The van der Waals surface area contributed by atoms with Gasteiger partial charge in [-0.25, -0.2) is 0 Å². The number of hydrogen-bond donors (Lipinski definition) is 3. The minimum Gasteiger partial charge on any atom is -0.388 e. The minimum absolute atomic E-state index is 1.14. The Bertz CT molecular complexity index is 544. The van der Waals surface area contributed by atoms with E-state index in [1.54, 1.807) is 11.8 Å². The molecule has 3 N–H and O–H groups in total. The Kier molecular flexibility index (Phi) is 2.80. The smallest absolute Gasteiger partial charge is 0.0527 e. The molecule has 3 nitrogen and oxygen atoms in total. The summed E-state index contributed by atoms with van der Waals surface area (Å²) in [4.78, 5) is 2.50. The third-order valence-electron chi connectivity index (χ3n) is 3.03. The van der Waals surface area contributed by atoms with E-state index in [9.17, 15) is 0 Å². The van der Waals surface area contributed by atoms with Crippen LogP contribution in [0.15, 0.2) is 46.2 Å². The van der Waals surface area contributed by atoms with E-state index in [1.807, 2.05) is 14.1 Å². The van der Waals surface area contributed by atoms with Crippen LogP contribution in [0.3, 0.4) is 0 Å². The number of rotatable bonds is 2. The summed E-state index contributed by atoms with van der Waals surface area (Å²) in [5.74, 6) is 0. The lowest BCUT2D eigenvalue weighted by atomic mass is 10.2. The molecule has 0 saturated carbocycles. The van der Waals surface area contributed by atoms with Crippen LogP contribution >= 0.6 is 11.8 Å². The van der Waals surface area contributed by atoms with E-state index in [2.05, 4.69) is 52.3 Å². The zero-order valence-electron chi connectivity index (χ0n) is 10.4. The maximum Gasteiger partial charge on any atom is 0.0527 e. The molecule has 0 unspecified atom stereocenters. The predicted octanol–water partition coefficient (Wildman–Crippen LogP) is 3.98. The number of nitrogens with one attached hydrogen (secondary N) is 3. The van der Waals surface area contributed by atoms with E-state index in [-0.39, 0.29) is 0 Å². The number of hydrogen-bond acceptors (Lipinski definition) is 4. The van der Waals surface area contributed by atoms with Gasteiger partial charge in [0.25, 0.3) is 0 Å². The van der Waals surface area contributed by atoms with Gasteiger partial charge in [0.2, 0.25) is 0 Å². The van der Waals surface area contributed by atoms with Gasteiger partial charge in [0.1, 0.15) is 0 Å². The van der Waals surface area contributed by atoms with Gasteiger partial charge >= 0.3 is 0 Å². The summed E-state index contributed by atoms with van der Waals surface area (Å²) in [7, 11) is 3.88. The summed E-state index contributed by atoms with van der Waals surface area (Å²) in [6.45, 7) is 0. The molecule has 0 bridgehead atoms. The van der Waals surface area contributed by atoms with Crippen LogP contribution in [0.4, 0.5) is 22.7 Å². The van der Waals surface area contributed by atoms with E-state index < -0.39 is 0 Å². The highest BCUT2D eigenvalue weighted by Gasteiger charge is 2.16. The highest BCUT2D eigenvalue weighted by molar-refractivity contribution is 7.99. The van der Waals surface area contributed by atoms with Crippen molar-refractivity contribution in [1.82, 2.24) is 0 Å². The first-order valence-corrected chi connectivity index (χ1v) is 6.70. The standard InChI is InChI=1S/C14H15N3S/c1-15-9-3-5-11-13(7-9)18-14-8-10(16-2)4-6-12(14)17-11/h3-8,15-17H,1-2H3. The molecule has 1 aliphatic heterocycles. The maximum atomic E-state index is 3.47. The first-order chi connectivity index (χ1) is 8.80. The molecule has 1 aliphatic rings. The summed E-state index contributed by atoms with van der Waals surface area (Å²) < 4.78 is 0. The van der Waals surface area contributed by atoms with Gasteiger partial charge in [-0.05, 0) is 36.4 Å². The molecule has 2 aromatic carbocycles. The Hall–Kier alpha value is -1.81. The van der Waals surface area contributed by atoms with Crippen LogP contribution in [0, 0.1) is 0 Å². The van der Waals surface area contributed by atoms with Crippen molar-refractivity contribution in [2.75, 3.05) is 30.0 Å². The average Bonchev–Trinajstić information content (AvgIpc) is 2.43. The van der Waals surface area contributed by atoms with Gasteiger partial charge in [-0.2, -0.15) is 0 Å². The van der Waals surface area contributed by atoms with Crippen molar-refractivity contribution in [2.24, 2.45) is 0 Å². The van der Waals surface area contributed by atoms with Crippen molar-refractivity contribution in [3.63, 3.8) is 0 Å². The quantitative estimate of drug-likeness (QED) is 0.649. The summed E-state index contributed by atoms with van der Waals surface area (Å²) in [6.07, 6.45) is 0. The van der Waals surface area contributed by atoms with Crippen LogP contribution in [-0.2, 0) is 0 Å². The normalized spacial score (nSPS) is 12.1. The maximum absolute atomic E-state index is 3.47. The lowest BCUT2D eigenvalue weighted by Gasteiger charge is -2.22. The molecular weight excluding hydrogens is 242 g/mol. The zero-order valence-corrected chi connectivity index (χ0v) is 11.2. The minimum atomic E-state index is 1.14. The average molecular weight is 257 g/mol. The first-order valence-electron chi connectivity index (χ1n) is 5.88. The van der Waals surface area contributed by atoms with Gasteiger partial charge in [-0.3, -0.25) is 0 Å². The fourth-order valence-electron chi connectivity index (χ4n) is 1.99. The third-order valence-corrected chi connectivity index (χ3v) is 4.15. The monoisotopic (exact) mass is 257 g/mol. The molecule has 18 heavy (non-hydrogen) atoms. The second kappa shape index (κ2) is 4.46. The van der Waals surface area contributed by atoms with Gasteiger partial charge in [-0.15, -0.1) is 0 Å². The van der Waals surface area contributed by atoms with Crippen molar-refractivity contribution in [1.29, 1.82) is 0 Å². The highest BCUT2D eigenvalue weighted by atomic mass is 32.2. The Morgan fingerprint density at radius 2 is 1.33 bits per heavy atom. The fourth-order valence-corrected chi connectivity index (χ4v) is 3.06. The fraction of sp³-hybridized carbons (Fsp3) is 0.143. The van der Waals surface area contributed by atoms with Crippen molar-refractivity contribution >= 4 is 34.5 Å². The van der Waals surface area contributed by atoms with Crippen molar-refractivity contribution in [3.8, 4) is 0 Å². The molecule has 0 aromatic heterocycles. The first kappa shape index (κ1) is 11.3. The second-order valence-corrected chi connectivity index (χ2v) is 5.23. The van der Waals surface area contributed by atoms with Crippen molar-refractivity contribution < 1.29 is 0 Å².